The third kappa shape index (κ3) is 5.58. The molecule has 24 heavy (non-hydrogen) atoms. The predicted octanol–water partition coefficient (Wildman–Crippen LogP) is 2.84. The third-order valence-corrected chi connectivity index (χ3v) is 4.73. The van der Waals surface area contributed by atoms with E-state index < -0.39 is 0 Å². The van der Waals surface area contributed by atoms with Crippen molar-refractivity contribution >= 4 is 34.4 Å². The highest BCUT2D eigenvalue weighted by atomic mass is 35.5. The summed E-state index contributed by atoms with van der Waals surface area (Å²) in [5.41, 5.74) is 4.15. The van der Waals surface area contributed by atoms with Gasteiger partial charge >= 0.3 is 0 Å². The quantitative estimate of drug-likeness (QED) is 0.397. The number of hydrogen-bond acceptors (Lipinski definition) is 6. The molecule has 0 saturated carbocycles. The summed E-state index contributed by atoms with van der Waals surface area (Å²) >= 11 is 6.85. The van der Waals surface area contributed by atoms with Gasteiger partial charge < -0.3 is 20.2 Å². The van der Waals surface area contributed by atoms with E-state index in [1.165, 1.54) is 11.8 Å². The summed E-state index contributed by atoms with van der Waals surface area (Å²) in [5, 5.41) is 7.45. The van der Waals surface area contributed by atoms with Crippen LogP contribution in [-0.2, 0) is 9.53 Å². The molecule has 132 valence electrons. The summed E-state index contributed by atoms with van der Waals surface area (Å²) in [4.78, 5) is 11.8. The van der Waals surface area contributed by atoms with Crippen LogP contribution < -0.4 is 15.5 Å². The molecule has 1 aromatic carbocycles. The molecule has 2 N–H and O–H groups in total. The van der Waals surface area contributed by atoms with E-state index in [1.807, 2.05) is 38.1 Å². The molecule has 0 aromatic heterocycles. The fraction of sp³-hybridized carbons (Fsp3) is 0.500. The number of carbonyl (C=O) groups is 1. The number of ether oxygens (including phenoxy) is 2. The summed E-state index contributed by atoms with van der Waals surface area (Å²) in [6.07, 6.45) is 0.608. The number of carbonyl (C=O) groups excluding carboxylic acids is 1. The van der Waals surface area contributed by atoms with Crippen molar-refractivity contribution in [2.45, 2.75) is 31.6 Å². The van der Waals surface area contributed by atoms with Gasteiger partial charge in [0.15, 0.2) is 5.17 Å². The van der Waals surface area contributed by atoms with Crippen LogP contribution in [-0.4, -0.2) is 35.6 Å². The first-order valence-electron chi connectivity index (χ1n) is 7.81. The molecule has 0 spiro atoms. The molecule has 2 unspecified atom stereocenters. The molecule has 1 amide bonds. The lowest BCUT2D eigenvalue weighted by Crippen LogP contribution is -2.27. The molecule has 1 aromatic rings. The Kier molecular flexibility index (Phi) is 7.68. The van der Waals surface area contributed by atoms with E-state index in [4.69, 9.17) is 21.1 Å². The highest BCUT2D eigenvalue weighted by Crippen LogP contribution is 2.23. The number of amides is 1. The number of amidine groups is 1. The Morgan fingerprint density at radius 2 is 2.17 bits per heavy atom. The summed E-state index contributed by atoms with van der Waals surface area (Å²) in [7, 11) is 0. The van der Waals surface area contributed by atoms with Gasteiger partial charge in [0.2, 0.25) is 5.91 Å². The van der Waals surface area contributed by atoms with Gasteiger partial charge in [-0.3, -0.25) is 4.79 Å². The van der Waals surface area contributed by atoms with Gasteiger partial charge in [0.05, 0.1) is 17.9 Å². The highest BCUT2D eigenvalue weighted by Gasteiger charge is 2.30. The van der Waals surface area contributed by atoms with Gasteiger partial charge in [-0.15, -0.1) is 0 Å². The van der Waals surface area contributed by atoms with E-state index >= 15 is 0 Å². The maximum Gasteiger partial charge on any atom is 0.239 e. The number of nitrogens with zero attached hydrogens (tertiary/aromatic N) is 1. The number of alkyl halides is 1. The second-order valence-corrected chi connectivity index (χ2v) is 6.58. The van der Waals surface area contributed by atoms with Crippen molar-refractivity contribution < 1.29 is 14.3 Å². The van der Waals surface area contributed by atoms with E-state index in [1.54, 1.807) is 0 Å². The first kappa shape index (κ1) is 18.9. The zero-order valence-corrected chi connectivity index (χ0v) is 15.3. The van der Waals surface area contributed by atoms with Gasteiger partial charge in [-0.2, -0.15) is 5.10 Å². The van der Waals surface area contributed by atoms with E-state index in [2.05, 4.69) is 15.8 Å². The minimum atomic E-state index is -0.186. The summed E-state index contributed by atoms with van der Waals surface area (Å²) in [5.74, 6) is 0.799. The van der Waals surface area contributed by atoms with Crippen molar-refractivity contribution in [2.75, 3.05) is 19.3 Å². The van der Waals surface area contributed by atoms with Crippen molar-refractivity contribution in [3.63, 3.8) is 0 Å². The maximum absolute atomic E-state index is 11.8. The lowest BCUT2D eigenvalue weighted by atomic mass is 10.1. The summed E-state index contributed by atoms with van der Waals surface area (Å²) in [6.45, 7) is 5.07. The van der Waals surface area contributed by atoms with Crippen molar-refractivity contribution in [2.24, 2.45) is 5.10 Å². The molecule has 0 bridgehead atoms. The Hall–Kier alpha value is -1.44. The first-order valence-corrected chi connectivity index (χ1v) is 9.22. The lowest BCUT2D eigenvalue weighted by molar-refractivity contribution is -0.119. The van der Waals surface area contributed by atoms with Crippen molar-refractivity contribution in [1.82, 2.24) is 10.7 Å². The van der Waals surface area contributed by atoms with E-state index in [0.29, 0.717) is 24.8 Å². The number of nitrogens with one attached hydrogen (secondary N) is 2. The Morgan fingerprint density at radius 3 is 2.83 bits per heavy atom. The Labute approximate surface area is 151 Å². The molecule has 2 atom stereocenters. The second kappa shape index (κ2) is 9.76. The topological polar surface area (TPSA) is 72.0 Å². The number of hydrazone groups is 1. The molecule has 8 heteroatoms. The molecular formula is C16H22ClN3O3S. The zero-order valence-electron chi connectivity index (χ0n) is 13.8. The molecular weight excluding hydrogens is 350 g/mol. The molecule has 2 rings (SSSR count). The van der Waals surface area contributed by atoms with Crippen LogP contribution in [0.2, 0.25) is 0 Å². The average Bonchev–Trinajstić information content (AvgIpc) is 2.94. The SMILES string of the molecule is CCOc1ccc(C(C)N/N=C2/NC(=O)C(CCOCCl)S2)cc1. The van der Waals surface area contributed by atoms with Gasteiger partial charge in [0.1, 0.15) is 11.8 Å². The summed E-state index contributed by atoms with van der Waals surface area (Å²) in [6, 6.07) is 8.02. The van der Waals surface area contributed by atoms with Crippen LogP contribution in [0, 0.1) is 0 Å². The lowest BCUT2D eigenvalue weighted by Gasteiger charge is -2.12. The standard InChI is InChI=1S/C16H22ClN3O3S/c1-3-23-13-6-4-12(5-7-13)11(2)19-20-16-18-15(21)14(24-16)8-9-22-10-17/h4-7,11,14,19H,3,8-10H2,1-2H3,(H,18,20,21). The normalized spacial score (nSPS) is 20.0. The Balaban J connectivity index is 1.85. The number of benzene rings is 1. The molecule has 1 aliphatic rings. The van der Waals surface area contributed by atoms with Gasteiger partial charge in [0, 0.05) is 6.61 Å². The van der Waals surface area contributed by atoms with Crippen molar-refractivity contribution in [3.8, 4) is 5.75 Å². The molecule has 1 heterocycles. The molecule has 6 nitrogen and oxygen atoms in total. The zero-order chi connectivity index (χ0) is 17.4. The number of rotatable bonds is 9. The van der Waals surface area contributed by atoms with Gasteiger partial charge in [0.25, 0.3) is 0 Å². The van der Waals surface area contributed by atoms with Crippen LogP contribution in [0.25, 0.3) is 0 Å². The minimum Gasteiger partial charge on any atom is -0.494 e. The fourth-order valence-corrected chi connectivity index (χ4v) is 3.17. The van der Waals surface area contributed by atoms with Gasteiger partial charge in [-0.25, -0.2) is 0 Å². The number of halogens is 1. The monoisotopic (exact) mass is 371 g/mol. The fourth-order valence-electron chi connectivity index (χ4n) is 2.14. The second-order valence-electron chi connectivity index (χ2n) is 5.17. The highest BCUT2D eigenvalue weighted by molar-refractivity contribution is 8.15. The van der Waals surface area contributed by atoms with Crippen LogP contribution in [0.4, 0.5) is 0 Å². The van der Waals surface area contributed by atoms with Crippen molar-refractivity contribution in [3.05, 3.63) is 29.8 Å². The van der Waals surface area contributed by atoms with Gasteiger partial charge in [-0.05, 0) is 38.0 Å². The van der Waals surface area contributed by atoms with Crippen LogP contribution in [0.3, 0.4) is 0 Å². The maximum atomic E-state index is 11.8. The largest absolute Gasteiger partial charge is 0.494 e. The van der Waals surface area contributed by atoms with Crippen LogP contribution in [0.15, 0.2) is 29.4 Å². The summed E-state index contributed by atoms with van der Waals surface area (Å²) < 4.78 is 10.5. The first-order chi connectivity index (χ1) is 11.6. The third-order valence-electron chi connectivity index (χ3n) is 3.43. The average molecular weight is 372 g/mol. The molecule has 1 fully saturated rings. The minimum absolute atomic E-state index is 0.0179. The van der Waals surface area contributed by atoms with Crippen LogP contribution in [0.1, 0.15) is 31.9 Å². The molecule has 1 aliphatic heterocycles. The van der Waals surface area contributed by atoms with Crippen molar-refractivity contribution in [1.29, 1.82) is 0 Å². The predicted molar refractivity (Wildman–Crippen MR) is 97.4 cm³/mol. The molecule has 0 aliphatic carbocycles. The van der Waals surface area contributed by atoms with Crippen LogP contribution >= 0.6 is 23.4 Å². The molecule has 0 radical (unpaired) electrons. The Bertz CT molecular complexity index is 568. The molecule has 1 saturated heterocycles. The van der Waals surface area contributed by atoms with E-state index in [-0.39, 0.29) is 23.3 Å². The van der Waals surface area contributed by atoms with Gasteiger partial charge in [-0.1, -0.05) is 35.5 Å². The van der Waals surface area contributed by atoms with Crippen LogP contribution in [0.5, 0.6) is 5.75 Å². The number of hydrogen-bond donors (Lipinski definition) is 2. The van der Waals surface area contributed by atoms with E-state index in [9.17, 15) is 4.79 Å². The smallest absolute Gasteiger partial charge is 0.239 e. The Morgan fingerprint density at radius 1 is 1.42 bits per heavy atom. The van der Waals surface area contributed by atoms with E-state index in [0.717, 1.165) is 11.3 Å². The number of thioether (sulfide) groups is 1.